The number of amides is 1. The van der Waals surface area contributed by atoms with E-state index in [1.165, 1.54) is 7.11 Å². The molecule has 0 heterocycles. The van der Waals surface area contributed by atoms with E-state index in [2.05, 4.69) is 5.32 Å². The second-order valence-electron chi connectivity index (χ2n) is 4.93. The Balaban J connectivity index is 2.03. The number of carbonyl (C=O) groups is 2. The van der Waals surface area contributed by atoms with Crippen molar-refractivity contribution in [3.63, 3.8) is 0 Å². The molecule has 6 nitrogen and oxygen atoms in total. The first-order chi connectivity index (χ1) is 11.5. The lowest BCUT2D eigenvalue weighted by Gasteiger charge is -2.12. The van der Waals surface area contributed by atoms with E-state index in [4.69, 9.17) is 4.74 Å². The van der Waals surface area contributed by atoms with E-state index in [1.54, 1.807) is 54.6 Å². The third kappa shape index (κ3) is 4.66. The molecule has 2 N–H and O–H groups in total. The van der Waals surface area contributed by atoms with Crippen LogP contribution in [0.4, 0.5) is 5.69 Å². The summed E-state index contributed by atoms with van der Waals surface area (Å²) >= 11 is 0. The van der Waals surface area contributed by atoms with Crippen molar-refractivity contribution in [2.24, 2.45) is 0 Å². The van der Waals surface area contributed by atoms with E-state index in [0.29, 0.717) is 17.0 Å². The van der Waals surface area contributed by atoms with Crippen LogP contribution < -0.4 is 10.1 Å². The number of hydrogen-bond donors (Lipinski definition) is 2. The molecule has 0 saturated heterocycles. The number of hydrogen-bond acceptors (Lipinski definition) is 4. The molecule has 2 atom stereocenters. The smallest absolute Gasteiger partial charge is 0.323 e. The van der Waals surface area contributed by atoms with Crippen LogP contribution in [0, 0.1) is 0 Å². The summed E-state index contributed by atoms with van der Waals surface area (Å²) in [6.45, 7) is 0. The fourth-order valence-electron chi connectivity index (χ4n) is 2.12. The molecular weight excluding hydrogens is 330 g/mol. The maximum Gasteiger partial charge on any atom is 0.323 e. The van der Waals surface area contributed by atoms with Crippen LogP contribution in [0.3, 0.4) is 0 Å². The molecule has 0 aromatic heterocycles. The average Bonchev–Trinajstić information content (AvgIpc) is 2.56. The van der Waals surface area contributed by atoms with Gasteiger partial charge in [0.25, 0.3) is 0 Å². The highest BCUT2D eigenvalue weighted by Gasteiger charge is 2.28. The zero-order chi connectivity index (χ0) is 17.5. The molecule has 0 aliphatic heterocycles. The molecule has 0 saturated carbocycles. The zero-order valence-corrected chi connectivity index (χ0v) is 13.8. The second kappa shape index (κ2) is 8.26. The van der Waals surface area contributed by atoms with Crippen molar-refractivity contribution in [1.82, 2.24) is 0 Å². The van der Waals surface area contributed by atoms with Crippen LogP contribution in [0.25, 0.3) is 0 Å². The molecule has 2 aromatic rings. The van der Waals surface area contributed by atoms with Crippen molar-refractivity contribution in [3.8, 4) is 5.75 Å². The predicted molar refractivity (Wildman–Crippen MR) is 91.5 cm³/mol. The predicted octanol–water partition coefficient (Wildman–Crippen LogP) is 2.21. The van der Waals surface area contributed by atoms with Gasteiger partial charge in [-0.15, -0.1) is 0 Å². The third-order valence-corrected chi connectivity index (χ3v) is 4.78. The number of nitrogens with one attached hydrogen (secondary N) is 1. The largest absolute Gasteiger partial charge is 0.497 e. The Labute approximate surface area is 141 Å². The SMILES string of the molecule is COc1ccc(NC(=O)CS(=O)C(C(=O)O)c2ccccc2)cc1. The lowest BCUT2D eigenvalue weighted by atomic mass is 10.1. The summed E-state index contributed by atoms with van der Waals surface area (Å²) in [4.78, 5) is 23.4. The maximum absolute atomic E-state index is 12.3. The minimum Gasteiger partial charge on any atom is -0.497 e. The van der Waals surface area contributed by atoms with E-state index in [0.717, 1.165) is 0 Å². The third-order valence-electron chi connectivity index (χ3n) is 3.24. The van der Waals surface area contributed by atoms with E-state index in [9.17, 15) is 18.9 Å². The van der Waals surface area contributed by atoms with E-state index in [1.807, 2.05) is 0 Å². The molecule has 7 heteroatoms. The number of methoxy groups -OCH3 is 1. The van der Waals surface area contributed by atoms with Gasteiger partial charge in [0, 0.05) is 16.5 Å². The summed E-state index contributed by atoms with van der Waals surface area (Å²) in [7, 11) is -0.351. The van der Waals surface area contributed by atoms with Gasteiger partial charge >= 0.3 is 5.97 Å². The van der Waals surface area contributed by atoms with Gasteiger partial charge in [0.2, 0.25) is 5.91 Å². The number of carboxylic acid groups (broad SMARTS) is 1. The summed E-state index contributed by atoms with van der Waals surface area (Å²) < 4.78 is 17.4. The van der Waals surface area contributed by atoms with Crippen molar-refractivity contribution in [1.29, 1.82) is 0 Å². The van der Waals surface area contributed by atoms with Crippen molar-refractivity contribution in [2.75, 3.05) is 18.2 Å². The van der Waals surface area contributed by atoms with Gasteiger partial charge in [-0.2, -0.15) is 0 Å². The number of carboxylic acids is 1. The fourth-order valence-corrected chi connectivity index (χ4v) is 3.30. The van der Waals surface area contributed by atoms with Crippen LogP contribution in [-0.4, -0.2) is 34.1 Å². The normalized spacial score (nSPS) is 12.9. The van der Waals surface area contributed by atoms with Crippen LogP contribution in [0.15, 0.2) is 54.6 Å². The number of rotatable bonds is 7. The van der Waals surface area contributed by atoms with Gasteiger partial charge in [0.1, 0.15) is 11.5 Å². The minimum atomic E-state index is -1.88. The average molecular weight is 347 g/mol. The highest BCUT2D eigenvalue weighted by molar-refractivity contribution is 7.86. The molecule has 126 valence electrons. The summed E-state index contributed by atoms with van der Waals surface area (Å²) in [6.07, 6.45) is 0. The van der Waals surface area contributed by atoms with Crippen molar-refractivity contribution in [2.45, 2.75) is 5.25 Å². The van der Waals surface area contributed by atoms with Crippen molar-refractivity contribution in [3.05, 3.63) is 60.2 Å². The standard InChI is InChI=1S/C17H17NO5S/c1-23-14-9-7-13(8-10-14)18-15(19)11-24(22)16(17(20)21)12-5-3-2-4-6-12/h2-10,16H,11H2,1H3,(H,18,19)(H,20,21). The first kappa shape index (κ1) is 17.7. The van der Waals surface area contributed by atoms with Crippen molar-refractivity contribution >= 4 is 28.4 Å². The quantitative estimate of drug-likeness (QED) is 0.801. The molecule has 0 aliphatic carbocycles. The maximum atomic E-state index is 12.3. The first-order valence-electron chi connectivity index (χ1n) is 7.10. The second-order valence-corrected chi connectivity index (χ2v) is 6.45. The Bertz CT molecular complexity index is 730. The van der Waals surface area contributed by atoms with Crippen LogP contribution in [0.2, 0.25) is 0 Å². The minimum absolute atomic E-state index is 0.403. The molecule has 0 aliphatic rings. The summed E-state index contributed by atoms with van der Waals surface area (Å²) in [5.41, 5.74) is 0.921. The Morgan fingerprint density at radius 2 is 1.75 bits per heavy atom. The topological polar surface area (TPSA) is 92.7 Å². The highest BCUT2D eigenvalue weighted by Crippen LogP contribution is 2.21. The molecular formula is C17H17NO5S. The van der Waals surface area contributed by atoms with Crippen LogP contribution in [-0.2, 0) is 20.4 Å². The Morgan fingerprint density at radius 1 is 1.12 bits per heavy atom. The summed E-state index contributed by atoms with van der Waals surface area (Å²) in [5, 5.41) is 10.7. The molecule has 24 heavy (non-hydrogen) atoms. The highest BCUT2D eigenvalue weighted by atomic mass is 32.2. The molecule has 0 bridgehead atoms. The van der Waals surface area contributed by atoms with Gasteiger partial charge in [0.05, 0.1) is 7.11 Å². The van der Waals surface area contributed by atoms with E-state index >= 15 is 0 Å². The molecule has 2 unspecified atom stereocenters. The van der Waals surface area contributed by atoms with Gasteiger partial charge < -0.3 is 15.2 Å². The first-order valence-corrected chi connectivity index (χ1v) is 8.48. The molecule has 0 fully saturated rings. The molecule has 2 aromatic carbocycles. The van der Waals surface area contributed by atoms with Gasteiger partial charge in [-0.05, 0) is 29.8 Å². The van der Waals surface area contributed by atoms with E-state index < -0.39 is 33.7 Å². The van der Waals surface area contributed by atoms with Crippen molar-refractivity contribution < 1.29 is 23.6 Å². The van der Waals surface area contributed by atoms with Gasteiger partial charge in [0.15, 0.2) is 5.25 Å². The molecule has 1 amide bonds. The van der Waals surface area contributed by atoms with Gasteiger partial charge in [-0.25, -0.2) is 0 Å². The number of anilines is 1. The monoisotopic (exact) mass is 347 g/mol. The van der Waals surface area contributed by atoms with Gasteiger partial charge in [-0.3, -0.25) is 13.8 Å². The molecule has 0 radical (unpaired) electrons. The molecule has 0 spiro atoms. The number of ether oxygens (including phenoxy) is 1. The lowest BCUT2D eigenvalue weighted by Crippen LogP contribution is -2.26. The summed E-state index contributed by atoms with van der Waals surface area (Å²) in [6, 6.07) is 14.9. The number of carbonyl (C=O) groups excluding carboxylic acids is 1. The Morgan fingerprint density at radius 3 is 2.29 bits per heavy atom. The lowest BCUT2D eigenvalue weighted by molar-refractivity contribution is -0.136. The molecule has 2 rings (SSSR count). The van der Waals surface area contributed by atoms with Crippen LogP contribution in [0.1, 0.15) is 10.8 Å². The fraction of sp³-hybridized carbons (Fsp3) is 0.176. The Hall–Kier alpha value is -2.67. The van der Waals surface area contributed by atoms with Crippen LogP contribution >= 0.6 is 0 Å². The zero-order valence-electron chi connectivity index (χ0n) is 13.0. The van der Waals surface area contributed by atoms with Crippen LogP contribution in [0.5, 0.6) is 5.75 Å². The summed E-state index contributed by atoms with van der Waals surface area (Å²) in [5.74, 6) is -1.50. The number of aliphatic carboxylic acids is 1. The number of benzene rings is 2. The van der Waals surface area contributed by atoms with E-state index in [-0.39, 0.29) is 0 Å². The van der Waals surface area contributed by atoms with Gasteiger partial charge in [-0.1, -0.05) is 30.3 Å². The Kier molecular flexibility index (Phi) is 6.08.